The average Bonchev–Trinajstić information content (AvgIpc) is 2.53. The summed E-state index contributed by atoms with van der Waals surface area (Å²) in [5, 5.41) is 8.38. The van der Waals surface area contributed by atoms with Crippen LogP contribution in [-0.4, -0.2) is 15.2 Å². The van der Waals surface area contributed by atoms with Crippen LogP contribution in [0.15, 0.2) is 22.2 Å². The van der Waals surface area contributed by atoms with Crippen molar-refractivity contribution in [1.29, 1.82) is 0 Å². The SMILES string of the molecule is Fc1ccc(-c2nnc(Br)s2)cn1. The maximum Gasteiger partial charge on any atom is 0.212 e. The summed E-state index contributed by atoms with van der Waals surface area (Å²) >= 11 is 4.57. The van der Waals surface area contributed by atoms with E-state index in [0.29, 0.717) is 3.92 Å². The van der Waals surface area contributed by atoms with Gasteiger partial charge in [-0.1, -0.05) is 11.3 Å². The van der Waals surface area contributed by atoms with Crippen LogP contribution in [-0.2, 0) is 0 Å². The van der Waals surface area contributed by atoms with Crippen molar-refractivity contribution in [2.45, 2.75) is 0 Å². The highest BCUT2D eigenvalue weighted by Gasteiger charge is 2.04. The zero-order valence-electron chi connectivity index (χ0n) is 6.24. The van der Waals surface area contributed by atoms with Crippen LogP contribution in [0.5, 0.6) is 0 Å². The first-order valence-corrected chi connectivity index (χ1v) is 4.97. The second kappa shape index (κ2) is 3.47. The van der Waals surface area contributed by atoms with Gasteiger partial charge in [0.1, 0.15) is 5.01 Å². The Morgan fingerprint density at radius 3 is 2.69 bits per heavy atom. The van der Waals surface area contributed by atoms with Gasteiger partial charge in [0, 0.05) is 11.8 Å². The second-order valence-corrected chi connectivity index (χ2v) is 4.48. The first kappa shape index (κ1) is 8.71. The van der Waals surface area contributed by atoms with Crippen molar-refractivity contribution in [3.63, 3.8) is 0 Å². The van der Waals surface area contributed by atoms with Crippen LogP contribution in [0, 0.1) is 5.95 Å². The molecule has 2 aromatic rings. The quantitative estimate of drug-likeness (QED) is 0.739. The summed E-state index contributed by atoms with van der Waals surface area (Å²) in [7, 11) is 0. The molecule has 0 atom stereocenters. The number of pyridine rings is 1. The van der Waals surface area contributed by atoms with Gasteiger partial charge in [0.05, 0.1) is 0 Å². The van der Waals surface area contributed by atoms with Crippen molar-refractivity contribution < 1.29 is 4.39 Å². The minimum atomic E-state index is -0.493. The summed E-state index contributed by atoms with van der Waals surface area (Å²) in [5.74, 6) is -0.493. The van der Waals surface area contributed by atoms with E-state index in [2.05, 4.69) is 31.1 Å². The summed E-state index contributed by atoms with van der Waals surface area (Å²) in [6.45, 7) is 0. The fourth-order valence-electron chi connectivity index (χ4n) is 0.824. The van der Waals surface area contributed by atoms with Crippen molar-refractivity contribution in [2.75, 3.05) is 0 Å². The van der Waals surface area contributed by atoms with Crippen molar-refractivity contribution in [3.05, 3.63) is 28.2 Å². The third-order valence-corrected chi connectivity index (χ3v) is 2.78. The summed E-state index contributed by atoms with van der Waals surface area (Å²) < 4.78 is 13.2. The van der Waals surface area contributed by atoms with Crippen molar-refractivity contribution in [1.82, 2.24) is 15.2 Å². The maximum atomic E-state index is 12.5. The molecule has 0 saturated heterocycles. The molecule has 0 radical (unpaired) electrons. The van der Waals surface area contributed by atoms with E-state index in [9.17, 15) is 4.39 Å². The smallest absolute Gasteiger partial charge is 0.212 e. The molecule has 0 unspecified atom stereocenters. The largest absolute Gasteiger partial charge is 0.228 e. The Bertz CT molecular complexity index is 414. The van der Waals surface area contributed by atoms with E-state index in [1.165, 1.54) is 23.6 Å². The van der Waals surface area contributed by atoms with E-state index < -0.39 is 5.95 Å². The van der Waals surface area contributed by atoms with Crippen LogP contribution in [0.3, 0.4) is 0 Å². The van der Waals surface area contributed by atoms with Crippen molar-refractivity contribution >= 4 is 27.3 Å². The van der Waals surface area contributed by atoms with Crippen LogP contribution >= 0.6 is 27.3 Å². The third kappa shape index (κ3) is 1.89. The summed E-state index contributed by atoms with van der Waals surface area (Å²) in [6.07, 6.45) is 1.43. The highest BCUT2D eigenvalue weighted by Crippen LogP contribution is 2.25. The molecule has 2 rings (SSSR count). The fraction of sp³-hybridized carbons (Fsp3) is 0. The van der Waals surface area contributed by atoms with E-state index in [-0.39, 0.29) is 0 Å². The molecule has 0 N–H and O–H groups in total. The van der Waals surface area contributed by atoms with Crippen LogP contribution < -0.4 is 0 Å². The molecule has 0 bridgehead atoms. The first-order valence-electron chi connectivity index (χ1n) is 3.36. The van der Waals surface area contributed by atoms with Crippen LogP contribution in [0.25, 0.3) is 10.6 Å². The van der Waals surface area contributed by atoms with Crippen LogP contribution in [0.2, 0.25) is 0 Å². The Balaban J connectivity index is 2.41. The number of nitrogens with zero attached hydrogens (tertiary/aromatic N) is 3. The molecule has 2 aromatic heterocycles. The Morgan fingerprint density at radius 1 is 1.31 bits per heavy atom. The molecule has 6 heteroatoms. The van der Waals surface area contributed by atoms with E-state index >= 15 is 0 Å². The topological polar surface area (TPSA) is 38.7 Å². The highest BCUT2D eigenvalue weighted by molar-refractivity contribution is 9.11. The molecule has 0 fully saturated rings. The summed E-state index contributed by atoms with van der Waals surface area (Å²) in [5.41, 5.74) is 0.768. The number of hydrogen-bond acceptors (Lipinski definition) is 4. The normalized spacial score (nSPS) is 10.3. The molecule has 3 nitrogen and oxygen atoms in total. The first-order chi connectivity index (χ1) is 6.25. The minimum Gasteiger partial charge on any atom is -0.228 e. The monoisotopic (exact) mass is 259 g/mol. The number of halogens is 2. The van der Waals surface area contributed by atoms with Gasteiger partial charge in [-0.3, -0.25) is 0 Å². The lowest BCUT2D eigenvalue weighted by Crippen LogP contribution is -1.82. The zero-order chi connectivity index (χ0) is 9.26. The van der Waals surface area contributed by atoms with Gasteiger partial charge in [-0.2, -0.15) is 4.39 Å². The lowest BCUT2D eigenvalue weighted by atomic mass is 10.3. The summed E-state index contributed by atoms with van der Waals surface area (Å²) in [6, 6.07) is 2.92. The Kier molecular flexibility index (Phi) is 2.32. The standard InChI is InChI=1S/C7H3BrFN3S/c8-7-12-11-6(13-7)4-1-2-5(9)10-3-4/h1-3H. The molecule has 0 aromatic carbocycles. The number of aromatic nitrogens is 3. The summed E-state index contributed by atoms with van der Waals surface area (Å²) in [4.78, 5) is 3.52. The molecule has 2 heterocycles. The van der Waals surface area contributed by atoms with E-state index in [4.69, 9.17) is 0 Å². The van der Waals surface area contributed by atoms with Gasteiger partial charge in [0.15, 0.2) is 3.92 Å². The molecular formula is C7H3BrFN3S. The van der Waals surface area contributed by atoms with Crippen molar-refractivity contribution in [3.8, 4) is 10.6 Å². The Labute approximate surface area is 85.8 Å². The highest BCUT2D eigenvalue weighted by atomic mass is 79.9. The van der Waals surface area contributed by atoms with Gasteiger partial charge in [-0.25, -0.2) is 4.98 Å². The van der Waals surface area contributed by atoms with Gasteiger partial charge in [0.25, 0.3) is 0 Å². The Hall–Kier alpha value is -0.880. The van der Waals surface area contributed by atoms with Crippen LogP contribution in [0.1, 0.15) is 0 Å². The van der Waals surface area contributed by atoms with Gasteiger partial charge < -0.3 is 0 Å². The Morgan fingerprint density at radius 2 is 2.15 bits per heavy atom. The molecule has 0 spiro atoms. The predicted octanol–water partition coefficient (Wildman–Crippen LogP) is 2.50. The van der Waals surface area contributed by atoms with Gasteiger partial charge in [-0.05, 0) is 28.1 Å². The van der Waals surface area contributed by atoms with Crippen molar-refractivity contribution in [2.24, 2.45) is 0 Å². The molecule has 66 valence electrons. The lowest BCUT2D eigenvalue weighted by molar-refractivity contribution is 0.584. The fourth-order valence-corrected chi connectivity index (χ4v) is 1.93. The molecule has 13 heavy (non-hydrogen) atoms. The zero-order valence-corrected chi connectivity index (χ0v) is 8.64. The van der Waals surface area contributed by atoms with E-state index in [1.54, 1.807) is 6.07 Å². The number of rotatable bonds is 1. The maximum absolute atomic E-state index is 12.5. The van der Waals surface area contributed by atoms with E-state index in [1.807, 2.05) is 0 Å². The van der Waals surface area contributed by atoms with Gasteiger partial charge in [-0.15, -0.1) is 10.2 Å². The number of hydrogen-bond donors (Lipinski definition) is 0. The minimum absolute atomic E-state index is 0.493. The molecular weight excluding hydrogens is 257 g/mol. The average molecular weight is 260 g/mol. The van der Waals surface area contributed by atoms with E-state index in [0.717, 1.165) is 10.6 Å². The molecule has 0 amide bonds. The molecule has 0 aliphatic carbocycles. The predicted molar refractivity (Wildman–Crippen MR) is 50.8 cm³/mol. The van der Waals surface area contributed by atoms with Gasteiger partial charge >= 0.3 is 0 Å². The van der Waals surface area contributed by atoms with Gasteiger partial charge in [0.2, 0.25) is 5.95 Å². The molecule has 0 saturated carbocycles. The molecule has 0 aliphatic rings. The van der Waals surface area contributed by atoms with Crippen LogP contribution in [0.4, 0.5) is 4.39 Å². The molecule has 0 aliphatic heterocycles. The second-order valence-electron chi connectivity index (χ2n) is 2.23. The third-order valence-electron chi connectivity index (χ3n) is 1.37. The lowest BCUT2D eigenvalue weighted by Gasteiger charge is -1.91.